The summed E-state index contributed by atoms with van der Waals surface area (Å²) in [7, 11) is -4.12. The molecule has 0 atom stereocenters. The van der Waals surface area contributed by atoms with Crippen LogP contribution in [0.1, 0.15) is 31.7 Å². The van der Waals surface area contributed by atoms with Crippen molar-refractivity contribution in [1.29, 1.82) is 0 Å². The molecular formula is C21H20O7S. The first-order chi connectivity index (χ1) is 13.8. The highest BCUT2D eigenvalue weighted by Gasteiger charge is 2.21. The maximum Gasteiger partial charge on any atom is 0.339 e. The molecule has 1 aliphatic heterocycles. The van der Waals surface area contributed by atoms with E-state index in [1.807, 2.05) is 13.8 Å². The molecule has 4 rings (SSSR count). The number of hydrogen-bond acceptors (Lipinski definition) is 7. The van der Waals surface area contributed by atoms with Crippen LogP contribution in [0, 0.1) is 0 Å². The summed E-state index contributed by atoms with van der Waals surface area (Å²) in [6, 6.07) is 10.4. The van der Waals surface area contributed by atoms with E-state index in [4.69, 9.17) is 18.1 Å². The lowest BCUT2D eigenvalue weighted by atomic mass is 10.00. The number of hydrogen-bond donors (Lipinski definition) is 0. The van der Waals surface area contributed by atoms with Gasteiger partial charge in [0, 0.05) is 30.0 Å². The Bertz CT molecular complexity index is 1230. The van der Waals surface area contributed by atoms with Crippen LogP contribution >= 0.6 is 0 Å². The normalized spacial score (nSPS) is 14.0. The number of ether oxygens (including phenoxy) is 2. The van der Waals surface area contributed by atoms with Gasteiger partial charge in [0.05, 0.1) is 13.2 Å². The summed E-state index contributed by atoms with van der Waals surface area (Å²) in [6.07, 6.45) is 0.716. The highest BCUT2D eigenvalue weighted by molar-refractivity contribution is 7.87. The van der Waals surface area contributed by atoms with Gasteiger partial charge >= 0.3 is 15.7 Å². The molecule has 1 aromatic heterocycles. The van der Waals surface area contributed by atoms with Gasteiger partial charge in [0.1, 0.15) is 16.2 Å². The van der Waals surface area contributed by atoms with Crippen LogP contribution in [0.15, 0.2) is 56.6 Å². The maximum absolute atomic E-state index is 12.7. The number of rotatable bonds is 4. The van der Waals surface area contributed by atoms with Gasteiger partial charge in [0.25, 0.3) is 0 Å². The third-order valence-electron chi connectivity index (χ3n) is 4.58. The second-order valence-electron chi connectivity index (χ2n) is 7.03. The Balaban J connectivity index is 1.69. The van der Waals surface area contributed by atoms with Crippen molar-refractivity contribution in [3.8, 4) is 17.2 Å². The van der Waals surface area contributed by atoms with Crippen molar-refractivity contribution in [3.63, 3.8) is 0 Å². The van der Waals surface area contributed by atoms with Crippen molar-refractivity contribution >= 4 is 21.1 Å². The first-order valence-corrected chi connectivity index (χ1v) is 10.7. The first kappa shape index (κ1) is 19.3. The summed E-state index contributed by atoms with van der Waals surface area (Å²) in [4.78, 5) is 11.8. The average molecular weight is 416 g/mol. The van der Waals surface area contributed by atoms with Crippen LogP contribution < -0.4 is 19.3 Å². The van der Waals surface area contributed by atoms with E-state index in [9.17, 15) is 13.2 Å². The molecule has 3 aromatic rings. The van der Waals surface area contributed by atoms with Gasteiger partial charge in [-0.1, -0.05) is 13.8 Å². The van der Waals surface area contributed by atoms with E-state index in [1.165, 1.54) is 30.3 Å². The summed E-state index contributed by atoms with van der Waals surface area (Å²) < 4.78 is 47.1. The SMILES string of the molecule is CC(C)c1cc(=O)oc2cc(OS(=O)(=O)c3ccc4c(c3)OCCCO4)ccc12. The summed E-state index contributed by atoms with van der Waals surface area (Å²) in [5.41, 5.74) is 0.602. The minimum absolute atomic E-state index is 0.0497. The molecule has 29 heavy (non-hydrogen) atoms. The lowest BCUT2D eigenvalue weighted by Gasteiger charge is -2.12. The zero-order chi connectivity index (χ0) is 20.6. The van der Waals surface area contributed by atoms with Gasteiger partial charge in [-0.05, 0) is 35.7 Å². The quantitative estimate of drug-likeness (QED) is 0.471. The summed E-state index contributed by atoms with van der Waals surface area (Å²) >= 11 is 0. The predicted octanol–water partition coefficient (Wildman–Crippen LogP) is 3.85. The molecule has 152 valence electrons. The van der Waals surface area contributed by atoms with Crippen molar-refractivity contribution in [2.75, 3.05) is 13.2 Å². The Morgan fingerprint density at radius 1 is 0.966 bits per heavy atom. The lowest BCUT2D eigenvalue weighted by Crippen LogP contribution is -2.10. The van der Waals surface area contributed by atoms with E-state index in [-0.39, 0.29) is 22.1 Å². The molecule has 0 fully saturated rings. The molecule has 0 N–H and O–H groups in total. The van der Waals surface area contributed by atoms with E-state index in [1.54, 1.807) is 12.1 Å². The fraction of sp³-hybridized carbons (Fsp3) is 0.286. The van der Waals surface area contributed by atoms with E-state index >= 15 is 0 Å². The molecule has 0 amide bonds. The third kappa shape index (κ3) is 3.93. The topological polar surface area (TPSA) is 92.0 Å². The van der Waals surface area contributed by atoms with Crippen LogP contribution in [-0.2, 0) is 10.1 Å². The van der Waals surface area contributed by atoms with Crippen LogP contribution in [0.2, 0.25) is 0 Å². The Labute approximate surface area is 167 Å². The van der Waals surface area contributed by atoms with E-state index in [0.717, 1.165) is 10.9 Å². The Hall–Kier alpha value is -3.00. The maximum atomic E-state index is 12.7. The van der Waals surface area contributed by atoms with Crippen LogP contribution in [0.5, 0.6) is 17.2 Å². The van der Waals surface area contributed by atoms with E-state index < -0.39 is 15.7 Å². The van der Waals surface area contributed by atoms with Crippen molar-refractivity contribution in [2.45, 2.75) is 31.1 Å². The molecule has 0 bridgehead atoms. The molecule has 1 aliphatic rings. The highest BCUT2D eigenvalue weighted by atomic mass is 32.2. The van der Waals surface area contributed by atoms with Crippen LogP contribution in [0.3, 0.4) is 0 Å². The highest BCUT2D eigenvalue weighted by Crippen LogP contribution is 2.33. The van der Waals surface area contributed by atoms with Gasteiger partial charge in [-0.3, -0.25) is 0 Å². The fourth-order valence-electron chi connectivity index (χ4n) is 3.17. The van der Waals surface area contributed by atoms with Crippen molar-refractivity contribution in [1.82, 2.24) is 0 Å². The minimum Gasteiger partial charge on any atom is -0.490 e. The van der Waals surface area contributed by atoms with Gasteiger partial charge in [-0.25, -0.2) is 4.79 Å². The van der Waals surface area contributed by atoms with Crippen LogP contribution in [0.25, 0.3) is 11.0 Å². The molecular weight excluding hydrogens is 396 g/mol. The second kappa shape index (κ2) is 7.44. The smallest absolute Gasteiger partial charge is 0.339 e. The Morgan fingerprint density at radius 3 is 2.48 bits per heavy atom. The molecule has 2 heterocycles. The van der Waals surface area contributed by atoms with E-state index in [2.05, 4.69) is 0 Å². The van der Waals surface area contributed by atoms with Crippen LogP contribution in [-0.4, -0.2) is 21.6 Å². The monoisotopic (exact) mass is 416 g/mol. The van der Waals surface area contributed by atoms with Gasteiger partial charge in [-0.2, -0.15) is 8.42 Å². The molecule has 7 nitrogen and oxygen atoms in total. The minimum atomic E-state index is -4.12. The second-order valence-corrected chi connectivity index (χ2v) is 8.58. The van der Waals surface area contributed by atoms with E-state index in [0.29, 0.717) is 31.1 Å². The molecule has 0 saturated heterocycles. The van der Waals surface area contributed by atoms with Gasteiger partial charge in [-0.15, -0.1) is 0 Å². The van der Waals surface area contributed by atoms with Gasteiger partial charge in [0.15, 0.2) is 11.5 Å². The lowest BCUT2D eigenvalue weighted by molar-refractivity contribution is 0.296. The molecule has 0 spiro atoms. The zero-order valence-electron chi connectivity index (χ0n) is 16.0. The number of benzene rings is 2. The standard InChI is InChI=1S/C21H20O7S/c1-13(2)17-12-21(22)27-19-10-14(4-6-16(17)19)28-29(23,24)15-5-7-18-20(11-15)26-9-3-8-25-18/h4-7,10-13H,3,8-9H2,1-2H3. The summed E-state index contributed by atoms with van der Waals surface area (Å²) in [6.45, 7) is 4.88. The molecule has 0 aliphatic carbocycles. The van der Waals surface area contributed by atoms with Crippen molar-refractivity contribution < 1.29 is 26.5 Å². The Kier molecular flexibility index (Phi) is 4.96. The largest absolute Gasteiger partial charge is 0.490 e. The fourth-order valence-corrected chi connectivity index (χ4v) is 4.11. The van der Waals surface area contributed by atoms with Gasteiger partial charge < -0.3 is 18.1 Å². The summed E-state index contributed by atoms with van der Waals surface area (Å²) in [5.74, 6) is 1.01. The molecule has 2 aromatic carbocycles. The van der Waals surface area contributed by atoms with Crippen LogP contribution in [0.4, 0.5) is 0 Å². The van der Waals surface area contributed by atoms with Crippen molar-refractivity contribution in [3.05, 3.63) is 58.4 Å². The summed E-state index contributed by atoms with van der Waals surface area (Å²) in [5, 5.41) is 0.736. The molecule has 0 saturated carbocycles. The van der Waals surface area contributed by atoms with Crippen molar-refractivity contribution in [2.24, 2.45) is 0 Å². The average Bonchev–Trinajstić information content (AvgIpc) is 2.91. The zero-order valence-corrected chi connectivity index (χ0v) is 16.8. The molecule has 0 unspecified atom stereocenters. The first-order valence-electron chi connectivity index (χ1n) is 9.25. The van der Waals surface area contributed by atoms with Gasteiger partial charge in [0.2, 0.25) is 0 Å². The third-order valence-corrected chi connectivity index (χ3v) is 5.83. The predicted molar refractivity (Wildman–Crippen MR) is 106 cm³/mol. The Morgan fingerprint density at radius 2 is 1.72 bits per heavy atom. The molecule has 0 radical (unpaired) electrons. The molecule has 8 heteroatoms. The number of fused-ring (bicyclic) bond motifs is 2.